The average molecular weight is 470 g/mol. The van der Waals surface area contributed by atoms with Crippen molar-refractivity contribution in [2.45, 2.75) is 0 Å². The van der Waals surface area contributed by atoms with Gasteiger partial charge in [-0.2, -0.15) is 5.10 Å². The molecule has 2 amide bonds. The van der Waals surface area contributed by atoms with Crippen molar-refractivity contribution in [3.05, 3.63) is 90.5 Å². The molecule has 5 rings (SSSR count). The van der Waals surface area contributed by atoms with E-state index in [0.717, 1.165) is 27.7 Å². The van der Waals surface area contributed by atoms with Crippen molar-refractivity contribution in [1.29, 1.82) is 0 Å². The molecule has 0 atom stereocenters. The SMILES string of the molecule is Cn1cc(-c2ccc3c(Nc4cccc(NC(=O)Nc5cccc(Cl)c5)c4)ncnc3c2)cn1. The van der Waals surface area contributed by atoms with E-state index in [1.165, 1.54) is 6.33 Å². The lowest BCUT2D eigenvalue weighted by molar-refractivity contribution is 0.262. The number of halogens is 1. The zero-order chi connectivity index (χ0) is 23.5. The third kappa shape index (κ3) is 4.82. The molecule has 0 fully saturated rings. The lowest BCUT2D eigenvalue weighted by atomic mass is 10.1. The number of fused-ring (bicyclic) bond motifs is 1. The van der Waals surface area contributed by atoms with Crippen molar-refractivity contribution >= 4 is 51.4 Å². The van der Waals surface area contributed by atoms with Crippen molar-refractivity contribution < 1.29 is 4.79 Å². The van der Waals surface area contributed by atoms with Crippen LogP contribution in [0.4, 0.5) is 27.7 Å². The molecule has 3 aromatic carbocycles. The second kappa shape index (κ2) is 9.21. The van der Waals surface area contributed by atoms with Crippen LogP contribution >= 0.6 is 11.6 Å². The molecule has 0 bridgehead atoms. The zero-order valence-corrected chi connectivity index (χ0v) is 18.9. The first kappa shape index (κ1) is 21.4. The first-order chi connectivity index (χ1) is 16.5. The largest absolute Gasteiger partial charge is 0.340 e. The van der Waals surface area contributed by atoms with E-state index >= 15 is 0 Å². The van der Waals surface area contributed by atoms with Crippen molar-refractivity contribution in [3.63, 3.8) is 0 Å². The Morgan fingerprint density at radius 3 is 2.41 bits per heavy atom. The van der Waals surface area contributed by atoms with Gasteiger partial charge in [0.2, 0.25) is 0 Å². The molecule has 9 heteroatoms. The van der Waals surface area contributed by atoms with Gasteiger partial charge in [0.25, 0.3) is 0 Å². The number of aromatic nitrogens is 4. The minimum absolute atomic E-state index is 0.366. The average Bonchev–Trinajstić information content (AvgIpc) is 3.25. The third-order valence-electron chi connectivity index (χ3n) is 5.14. The van der Waals surface area contributed by atoms with Gasteiger partial charge in [-0.15, -0.1) is 0 Å². The third-order valence-corrected chi connectivity index (χ3v) is 5.38. The number of rotatable bonds is 5. The van der Waals surface area contributed by atoms with Gasteiger partial charge in [0, 0.05) is 46.3 Å². The Balaban J connectivity index is 1.33. The van der Waals surface area contributed by atoms with Gasteiger partial charge in [0.05, 0.1) is 11.7 Å². The highest BCUT2D eigenvalue weighted by atomic mass is 35.5. The molecular weight excluding hydrogens is 450 g/mol. The molecule has 3 N–H and O–H groups in total. The van der Waals surface area contributed by atoms with Gasteiger partial charge in [-0.3, -0.25) is 4.68 Å². The van der Waals surface area contributed by atoms with E-state index in [0.29, 0.717) is 22.2 Å². The lowest BCUT2D eigenvalue weighted by Crippen LogP contribution is -2.19. The van der Waals surface area contributed by atoms with Crippen LogP contribution in [0.25, 0.3) is 22.0 Å². The molecule has 168 valence electrons. The van der Waals surface area contributed by atoms with Crippen molar-refractivity contribution in [2.75, 3.05) is 16.0 Å². The maximum atomic E-state index is 12.4. The fourth-order valence-electron chi connectivity index (χ4n) is 3.58. The van der Waals surface area contributed by atoms with Gasteiger partial charge >= 0.3 is 6.03 Å². The Morgan fingerprint density at radius 2 is 1.65 bits per heavy atom. The van der Waals surface area contributed by atoms with E-state index in [1.807, 2.05) is 55.8 Å². The van der Waals surface area contributed by atoms with Crippen molar-refractivity contribution in [1.82, 2.24) is 19.7 Å². The minimum atomic E-state index is -0.366. The molecular formula is C25H20ClN7O. The van der Waals surface area contributed by atoms with Gasteiger partial charge < -0.3 is 16.0 Å². The quantitative estimate of drug-likeness (QED) is 0.290. The molecule has 8 nitrogen and oxygen atoms in total. The van der Waals surface area contributed by atoms with Gasteiger partial charge in [0.15, 0.2) is 0 Å². The number of hydrogen-bond donors (Lipinski definition) is 3. The highest BCUT2D eigenvalue weighted by molar-refractivity contribution is 6.30. The number of nitrogens with zero attached hydrogens (tertiary/aromatic N) is 4. The second-order valence-corrected chi connectivity index (χ2v) is 8.09. The molecule has 2 aromatic heterocycles. The number of carbonyl (C=O) groups is 1. The maximum absolute atomic E-state index is 12.4. The van der Waals surface area contributed by atoms with Crippen LogP contribution in [0.5, 0.6) is 0 Å². The van der Waals surface area contributed by atoms with E-state index in [-0.39, 0.29) is 6.03 Å². The molecule has 34 heavy (non-hydrogen) atoms. The Hall–Kier alpha value is -4.43. The van der Waals surface area contributed by atoms with E-state index in [2.05, 4.69) is 31.0 Å². The molecule has 0 saturated heterocycles. The van der Waals surface area contributed by atoms with Crippen LogP contribution in [0.3, 0.4) is 0 Å². The molecule has 0 radical (unpaired) electrons. The summed E-state index contributed by atoms with van der Waals surface area (Å²) in [6, 6.07) is 20.0. The van der Waals surface area contributed by atoms with E-state index in [9.17, 15) is 4.79 Å². The van der Waals surface area contributed by atoms with Crippen LogP contribution in [-0.2, 0) is 7.05 Å². The van der Waals surface area contributed by atoms with Crippen LogP contribution in [0.1, 0.15) is 0 Å². The van der Waals surface area contributed by atoms with Crippen LogP contribution < -0.4 is 16.0 Å². The first-order valence-electron chi connectivity index (χ1n) is 10.5. The second-order valence-electron chi connectivity index (χ2n) is 7.65. The highest BCUT2D eigenvalue weighted by Gasteiger charge is 2.09. The molecule has 0 saturated carbocycles. The molecule has 0 unspecified atom stereocenters. The van der Waals surface area contributed by atoms with Crippen LogP contribution in [-0.4, -0.2) is 25.8 Å². The Kier molecular flexibility index (Phi) is 5.80. The standard InChI is InChI=1S/C25H20ClN7O/c1-33-14-17(13-29-33)16-8-9-22-23(10-16)27-15-28-24(22)30-20-6-3-7-21(12-20)32-25(34)31-19-5-2-4-18(26)11-19/h2-15H,1H3,(H,27,28,30)(H2,31,32,34). The summed E-state index contributed by atoms with van der Waals surface area (Å²) in [4.78, 5) is 21.2. The summed E-state index contributed by atoms with van der Waals surface area (Å²) < 4.78 is 1.77. The fourth-order valence-corrected chi connectivity index (χ4v) is 3.77. The summed E-state index contributed by atoms with van der Waals surface area (Å²) in [6.45, 7) is 0. The number of urea groups is 1. The van der Waals surface area contributed by atoms with Crippen molar-refractivity contribution in [3.8, 4) is 11.1 Å². The van der Waals surface area contributed by atoms with E-state index in [4.69, 9.17) is 11.6 Å². The topological polar surface area (TPSA) is 96.8 Å². The van der Waals surface area contributed by atoms with Gasteiger partial charge in [-0.25, -0.2) is 14.8 Å². The number of hydrogen-bond acceptors (Lipinski definition) is 5. The minimum Gasteiger partial charge on any atom is -0.340 e. The highest BCUT2D eigenvalue weighted by Crippen LogP contribution is 2.28. The number of anilines is 4. The van der Waals surface area contributed by atoms with Gasteiger partial charge in [-0.05, 0) is 54.1 Å². The molecule has 0 aliphatic heterocycles. The van der Waals surface area contributed by atoms with E-state index in [1.54, 1.807) is 35.0 Å². The monoisotopic (exact) mass is 469 g/mol. The molecule has 0 spiro atoms. The van der Waals surface area contributed by atoms with E-state index < -0.39 is 0 Å². The van der Waals surface area contributed by atoms with Crippen LogP contribution in [0, 0.1) is 0 Å². The van der Waals surface area contributed by atoms with Gasteiger partial charge in [0.1, 0.15) is 12.1 Å². The summed E-state index contributed by atoms with van der Waals surface area (Å²) in [6.07, 6.45) is 5.31. The molecule has 0 aliphatic carbocycles. The molecule has 0 aliphatic rings. The summed E-state index contributed by atoms with van der Waals surface area (Å²) in [5, 5.41) is 14.6. The maximum Gasteiger partial charge on any atom is 0.323 e. The predicted octanol–water partition coefficient (Wildman–Crippen LogP) is 6.07. The summed E-state index contributed by atoms with van der Waals surface area (Å²) in [5.74, 6) is 0.670. The summed E-state index contributed by atoms with van der Waals surface area (Å²) in [7, 11) is 1.89. The lowest BCUT2D eigenvalue weighted by Gasteiger charge is -2.12. The molecule has 2 heterocycles. The summed E-state index contributed by atoms with van der Waals surface area (Å²) in [5.41, 5.74) is 4.87. The predicted molar refractivity (Wildman–Crippen MR) is 136 cm³/mol. The van der Waals surface area contributed by atoms with Crippen LogP contribution in [0.15, 0.2) is 85.5 Å². The first-order valence-corrected chi connectivity index (χ1v) is 10.9. The number of carbonyl (C=O) groups excluding carboxylic acids is 1. The normalized spacial score (nSPS) is 10.8. The Labute approximate surface area is 200 Å². The van der Waals surface area contributed by atoms with Crippen LogP contribution in [0.2, 0.25) is 5.02 Å². The number of nitrogens with one attached hydrogen (secondary N) is 3. The Morgan fingerprint density at radius 1 is 0.882 bits per heavy atom. The summed E-state index contributed by atoms with van der Waals surface area (Å²) >= 11 is 5.97. The smallest absolute Gasteiger partial charge is 0.323 e. The number of aryl methyl sites for hydroxylation is 1. The fraction of sp³-hybridized carbons (Fsp3) is 0.0400. The zero-order valence-electron chi connectivity index (χ0n) is 18.2. The number of amides is 2. The Bertz CT molecular complexity index is 1500. The number of benzene rings is 3. The van der Waals surface area contributed by atoms with Crippen molar-refractivity contribution in [2.24, 2.45) is 7.05 Å². The van der Waals surface area contributed by atoms with Gasteiger partial charge in [-0.1, -0.05) is 29.8 Å². The molecule has 5 aromatic rings.